The molecule has 1 aliphatic heterocycles. The zero-order chi connectivity index (χ0) is 15.0. The molecule has 0 saturated carbocycles. The third kappa shape index (κ3) is 2.54. The summed E-state index contributed by atoms with van der Waals surface area (Å²) in [5.74, 6) is -0.221. The molecule has 1 atom stereocenters. The van der Waals surface area contributed by atoms with Gasteiger partial charge in [-0.05, 0) is 50.5 Å². The normalized spacial score (nSPS) is 15.7. The fourth-order valence-corrected chi connectivity index (χ4v) is 3.19. The van der Waals surface area contributed by atoms with Gasteiger partial charge in [0.05, 0.1) is 0 Å². The van der Waals surface area contributed by atoms with E-state index >= 15 is 0 Å². The van der Waals surface area contributed by atoms with Crippen LogP contribution in [0, 0.1) is 12.7 Å². The molecule has 1 aliphatic rings. The fourth-order valence-electron chi connectivity index (χ4n) is 3.19. The minimum Gasteiger partial charge on any atom is -0.341 e. The van der Waals surface area contributed by atoms with Crippen molar-refractivity contribution in [2.24, 2.45) is 5.73 Å². The molecule has 3 heteroatoms. The molecule has 0 spiro atoms. The average Bonchev–Trinajstić information content (AvgIpc) is 2.45. The van der Waals surface area contributed by atoms with Crippen LogP contribution in [0.4, 0.5) is 15.8 Å². The van der Waals surface area contributed by atoms with Crippen molar-refractivity contribution >= 4 is 11.4 Å². The van der Waals surface area contributed by atoms with Crippen LogP contribution < -0.4 is 10.6 Å². The van der Waals surface area contributed by atoms with E-state index in [1.807, 2.05) is 13.0 Å². The lowest BCUT2D eigenvalue weighted by Gasteiger charge is -2.33. The molecule has 2 N–H and O–H groups in total. The number of aryl methyl sites for hydroxylation is 2. The smallest absolute Gasteiger partial charge is 0.130 e. The third-order valence-corrected chi connectivity index (χ3v) is 4.13. The molecule has 0 aliphatic carbocycles. The highest BCUT2D eigenvalue weighted by Gasteiger charge is 2.23. The predicted molar refractivity (Wildman–Crippen MR) is 85.5 cm³/mol. The highest BCUT2D eigenvalue weighted by atomic mass is 19.1. The van der Waals surface area contributed by atoms with E-state index in [2.05, 4.69) is 30.0 Å². The Kier molecular flexibility index (Phi) is 3.68. The molecule has 0 aromatic heterocycles. The van der Waals surface area contributed by atoms with Gasteiger partial charge in [0.2, 0.25) is 0 Å². The van der Waals surface area contributed by atoms with Crippen LogP contribution in [0.25, 0.3) is 0 Å². The lowest BCUT2D eigenvalue weighted by molar-refractivity contribution is 0.592. The van der Waals surface area contributed by atoms with Crippen LogP contribution in [0.3, 0.4) is 0 Å². The molecule has 0 bridgehead atoms. The van der Waals surface area contributed by atoms with Crippen LogP contribution in [0.15, 0.2) is 36.4 Å². The van der Waals surface area contributed by atoms with E-state index in [0.29, 0.717) is 5.56 Å². The lowest BCUT2D eigenvalue weighted by Crippen LogP contribution is -2.27. The zero-order valence-corrected chi connectivity index (χ0v) is 12.6. The number of rotatable bonds is 2. The maximum atomic E-state index is 14.2. The quantitative estimate of drug-likeness (QED) is 0.893. The van der Waals surface area contributed by atoms with Crippen molar-refractivity contribution in [2.75, 3.05) is 11.4 Å². The van der Waals surface area contributed by atoms with Gasteiger partial charge in [0, 0.05) is 29.5 Å². The SMILES string of the molecule is Cc1ccc2c(c1)CCCN2c1cccc(F)c1[C@@H](C)N. The summed E-state index contributed by atoms with van der Waals surface area (Å²) < 4.78 is 14.2. The second kappa shape index (κ2) is 5.49. The molecule has 0 fully saturated rings. The first-order chi connectivity index (χ1) is 10.1. The highest BCUT2D eigenvalue weighted by molar-refractivity contribution is 5.71. The van der Waals surface area contributed by atoms with Crippen molar-refractivity contribution in [2.45, 2.75) is 32.7 Å². The Balaban J connectivity index is 2.13. The third-order valence-electron chi connectivity index (χ3n) is 4.13. The Morgan fingerprint density at radius 2 is 2.00 bits per heavy atom. The van der Waals surface area contributed by atoms with Gasteiger partial charge in [-0.2, -0.15) is 0 Å². The molecule has 1 heterocycles. The van der Waals surface area contributed by atoms with Crippen molar-refractivity contribution in [1.82, 2.24) is 0 Å². The van der Waals surface area contributed by atoms with Crippen molar-refractivity contribution < 1.29 is 4.39 Å². The number of hydrogen-bond acceptors (Lipinski definition) is 2. The Hall–Kier alpha value is -1.87. The topological polar surface area (TPSA) is 29.3 Å². The molecule has 0 amide bonds. The van der Waals surface area contributed by atoms with E-state index < -0.39 is 0 Å². The minimum absolute atomic E-state index is 0.221. The lowest BCUT2D eigenvalue weighted by atomic mass is 9.97. The summed E-state index contributed by atoms with van der Waals surface area (Å²) in [5, 5.41) is 0. The summed E-state index contributed by atoms with van der Waals surface area (Å²) in [7, 11) is 0. The van der Waals surface area contributed by atoms with Gasteiger partial charge in [-0.15, -0.1) is 0 Å². The standard InChI is InChI=1S/C18H21FN2/c1-12-8-9-16-14(11-12)5-4-10-21(16)17-7-3-6-15(19)18(17)13(2)20/h3,6-9,11,13H,4-5,10,20H2,1-2H3/t13-/m1/s1. The Morgan fingerprint density at radius 1 is 1.19 bits per heavy atom. The highest BCUT2D eigenvalue weighted by Crippen LogP contribution is 2.38. The van der Waals surface area contributed by atoms with Crippen molar-refractivity contribution in [1.29, 1.82) is 0 Å². The van der Waals surface area contributed by atoms with Crippen molar-refractivity contribution in [3.8, 4) is 0 Å². The number of fused-ring (bicyclic) bond motifs is 1. The molecular weight excluding hydrogens is 263 g/mol. The molecule has 2 aromatic rings. The Morgan fingerprint density at radius 3 is 2.76 bits per heavy atom. The first-order valence-corrected chi connectivity index (χ1v) is 7.49. The average molecular weight is 284 g/mol. The monoisotopic (exact) mass is 284 g/mol. The summed E-state index contributed by atoms with van der Waals surface area (Å²) in [6.45, 7) is 4.84. The van der Waals surface area contributed by atoms with E-state index in [4.69, 9.17) is 5.73 Å². The van der Waals surface area contributed by atoms with Crippen molar-refractivity contribution in [3.05, 3.63) is 58.9 Å². The molecule has 3 rings (SSSR count). The van der Waals surface area contributed by atoms with Gasteiger partial charge in [-0.1, -0.05) is 23.8 Å². The number of nitrogens with two attached hydrogens (primary N) is 1. The number of benzene rings is 2. The largest absolute Gasteiger partial charge is 0.341 e. The van der Waals surface area contributed by atoms with Gasteiger partial charge in [0.15, 0.2) is 0 Å². The fraction of sp³-hybridized carbons (Fsp3) is 0.333. The second-order valence-corrected chi connectivity index (χ2v) is 5.85. The van der Waals surface area contributed by atoms with E-state index in [-0.39, 0.29) is 11.9 Å². The first-order valence-electron chi connectivity index (χ1n) is 7.49. The number of hydrogen-bond donors (Lipinski definition) is 1. The Bertz CT molecular complexity index is 664. The van der Waals surface area contributed by atoms with Gasteiger partial charge < -0.3 is 10.6 Å². The maximum absolute atomic E-state index is 14.2. The van der Waals surface area contributed by atoms with Crippen LogP contribution in [0.5, 0.6) is 0 Å². The predicted octanol–water partition coefficient (Wildman–Crippen LogP) is 4.24. The molecule has 110 valence electrons. The molecule has 2 nitrogen and oxygen atoms in total. The van der Waals surface area contributed by atoms with Gasteiger partial charge in [-0.25, -0.2) is 4.39 Å². The van der Waals surface area contributed by atoms with Crippen LogP contribution in [0.2, 0.25) is 0 Å². The van der Waals surface area contributed by atoms with Gasteiger partial charge in [0.1, 0.15) is 5.82 Å². The van der Waals surface area contributed by atoms with Crippen LogP contribution in [0.1, 0.15) is 36.1 Å². The van der Waals surface area contributed by atoms with E-state index in [9.17, 15) is 4.39 Å². The number of halogens is 1. The van der Waals surface area contributed by atoms with Crippen molar-refractivity contribution in [3.63, 3.8) is 0 Å². The summed E-state index contributed by atoms with van der Waals surface area (Å²) in [6, 6.07) is 11.4. The summed E-state index contributed by atoms with van der Waals surface area (Å²) in [5.41, 5.74) is 11.3. The van der Waals surface area contributed by atoms with Gasteiger partial charge >= 0.3 is 0 Å². The maximum Gasteiger partial charge on any atom is 0.130 e. The zero-order valence-electron chi connectivity index (χ0n) is 12.6. The molecular formula is C18H21FN2. The van der Waals surface area contributed by atoms with Crippen LogP contribution in [-0.2, 0) is 6.42 Å². The summed E-state index contributed by atoms with van der Waals surface area (Å²) in [4.78, 5) is 2.21. The van der Waals surface area contributed by atoms with E-state index in [1.54, 1.807) is 6.07 Å². The van der Waals surface area contributed by atoms with Crippen LogP contribution in [-0.4, -0.2) is 6.54 Å². The molecule has 0 radical (unpaired) electrons. The minimum atomic E-state index is -0.322. The van der Waals surface area contributed by atoms with E-state index in [1.165, 1.54) is 22.9 Å². The Labute approximate surface area is 125 Å². The number of anilines is 2. The van der Waals surface area contributed by atoms with E-state index in [0.717, 1.165) is 25.1 Å². The molecule has 2 aromatic carbocycles. The second-order valence-electron chi connectivity index (χ2n) is 5.85. The molecule has 0 saturated heterocycles. The molecule has 0 unspecified atom stereocenters. The van der Waals surface area contributed by atoms with Gasteiger partial charge in [-0.3, -0.25) is 0 Å². The number of nitrogens with zero attached hydrogens (tertiary/aromatic N) is 1. The molecule has 21 heavy (non-hydrogen) atoms. The summed E-state index contributed by atoms with van der Waals surface area (Å²) in [6.07, 6.45) is 2.15. The summed E-state index contributed by atoms with van der Waals surface area (Å²) >= 11 is 0. The first kappa shape index (κ1) is 14.1. The van der Waals surface area contributed by atoms with Crippen LogP contribution >= 0.6 is 0 Å². The van der Waals surface area contributed by atoms with Gasteiger partial charge in [0.25, 0.3) is 0 Å².